The fourth-order valence-corrected chi connectivity index (χ4v) is 6.21. The highest BCUT2D eigenvalue weighted by Gasteiger charge is 2.29. The molecule has 0 bridgehead atoms. The second-order valence-corrected chi connectivity index (χ2v) is 15.7. The maximum absolute atomic E-state index is 4.20. The van der Waals surface area contributed by atoms with Crippen LogP contribution in [0.1, 0.15) is 0 Å². The molecule has 0 saturated carbocycles. The summed E-state index contributed by atoms with van der Waals surface area (Å²) in [5.74, 6) is 0. The average Bonchev–Trinajstić information content (AvgIpc) is 2.27. The van der Waals surface area contributed by atoms with Crippen LogP contribution in [-0.4, -0.2) is 26.3 Å². The fraction of sp³-hybridized carbons (Fsp3) is 0.667. The van der Waals surface area contributed by atoms with Gasteiger partial charge in [-0.05, 0) is 5.19 Å². The van der Waals surface area contributed by atoms with Crippen molar-refractivity contribution in [3.63, 3.8) is 0 Å². The molecule has 0 aromatic carbocycles. The molecule has 0 fully saturated rings. The van der Waals surface area contributed by atoms with Gasteiger partial charge in [-0.2, -0.15) is 5.10 Å². The molecule has 0 unspecified atom stereocenters. The molecule has 0 aliphatic carbocycles. The van der Waals surface area contributed by atoms with Gasteiger partial charge in [-0.25, -0.2) is 0 Å². The first kappa shape index (κ1) is 10.7. The third kappa shape index (κ3) is 2.31. The number of rotatable bonds is 2. The van der Waals surface area contributed by atoms with E-state index >= 15 is 0 Å². The Hall–Kier alpha value is -0.356. The minimum atomic E-state index is -1.22. The van der Waals surface area contributed by atoms with Crippen LogP contribution in [0.15, 0.2) is 6.20 Å². The number of aromatic nitrogens is 2. The third-order valence-electron chi connectivity index (χ3n) is 2.20. The Morgan fingerprint density at radius 3 is 1.85 bits per heavy atom. The smallest absolute Gasteiger partial charge is 0.100 e. The van der Waals surface area contributed by atoms with Gasteiger partial charge in [-0.15, -0.1) is 0 Å². The Bertz CT molecular complexity index is 263. The normalized spacial score (nSPS) is 13.4. The van der Waals surface area contributed by atoms with E-state index in [1.54, 1.807) is 0 Å². The predicted octanol–water partition coefficient (Wildman–Crippen LogP) is 1.50. The summed E-state index contributed by atoms with van der Waals surface area (Å²) in [5, 5.41) is 10.4. The fourth-order valence-electron chi connectivity index (χ4n) is 1.43. The molecule has 0 aliphatic heterocycles. The SMILES string of the molecule is C[Si](C)(C)c1cn[nH]c1[Si](C)(C)C. The van der Waals surface area contributed by atoms with Gasteiger partial charge in [0.15, 0.2) is 0 Å². The highest BCUT2D eigenvalue weighted by Crippen LogP contribution is 2.04. The monoisotopic (exact) mass is 212 g/mol. The second kappa shape index (κ2) is 3.10. The molecule has 4 heteroatoms. The van der Waals surface area contributed by atoms with E-state index in [0.29, 0.717) is 0 Å². The van der Waals surface area contributed by atoms with Crippen molar-refractivity contribution in [2.24, 2.45) is 0 Å². The van der Waals surface area contributed by atoms with Crippen molar-refractivity contribution in [2.75, 3.05) is 0 Å². The highest BCUT2D eigenvalue weighted by molar-refractivity contribution is 6.98. The Balaban J connectivity index is 3.19. The topological polar surface area (TPSA) is 28.7 Å². The van der Waals surface area contributed by atoms with Crippen LogP contribution < -0.4 is 10.5 Å². The number of H-pyrrole nitrogens is 1. The van der Waals surface area contributed by atoms with Crippen molar-refractivity contribution in [3.8, 4) is 0 Å². The summed E-state index contributed by atoms with van der Waals surface area (Å²) < 4.78 is 0. The van der Waals surface area contributed by atoms with Crippen LogP contribution in [-0.2, 0) is 0 Å². The summed E-state index contributed by atoms with van der Waals surface area (Å²) in [6.07, 6.45) is 2.04. The zero-order valence-electron chi connectivity index (χ0n) is 9.52. The van der Waals surface area contributed by atoms with Gasteiger partial charge in [-0.1, -0.05) is 39.3 Å². The van der Waals surface area contributed by atoms with Gasteiger partial charge in [-0.3, -0.25) is 5.10 Å². The zero-order chi connectivity index (χ0) is 10.3. The van der Waals surface area contributed by atoms with Crippen molar-refractivity contribution in [3.05, 3.63) is 6.20 Å². The van der Waals surface area contributed by atoms with Crippen LogP contribution in [0.3, 0.4) is 0 Å². The lowest BCUT2D eigenvalue weighted by atomic mass is 10.7. The molecule has 1 rings (SSSR count). The van der Waals surface area contributed by atoms with E-state index in [1.165, 1.54) is 10.5 Å². The molecular weight excluding hydrogens is 192 g/mol. The molecule has 1 aromatic rings. The van der Waals surface area contributed by atoms with Crippen LogP contribution in [0.2, 0.25) is 39.3 Å². The summed E-state index contributed by atoms with van der Waals surface area (Å²) in [4.78, 5) is 0. The lowest BCUT2D eigenvalue weighted by Gasteiger charge is -2.22. The van der Waals surface area contributed by atoms with E-state index in [0.717, 1.165) is 0 Å². The Kier molecular flexibility index (Phi) is 2.55. The largest absolute Gasteiger partial charge is 0.287 e. The number of nitrogens with zero attached hydrogens (tertiary/aromatic N) is 1. The number of nitrogens with one attached hydrogen (secondary N) is 1. The summed E-state index contributed by atoms with van der Waals surface area (Å²) in [5.41, 5.74) is 0. The molecule has 0 aliphatic rings. The first-order chi connectivity index (χ1) is 5.73. The van der Waals surface area contributed by atoms with Crippen LogP contribution >= 0.6 is 0 Å². The Morgan fingerprint density at radius 2 is 1.54 bits per heavy atom. The maximum atomic E-state index is 4.20. The van der Waals surface area contributed by atoms with Gasteiger partial charge in [0.2, 0.25) is 0 Å². The quantitative estimate of drug-likeness (QED) is 0.740. The van der Waals surface area contributed by atoms with Crippen molar-refractivity contribution in [1.29, 1.82) is 0 Å². The molecule has 13 heavy (non-hydrogen) atoms. The first-order valence-corrected chi connectivity index (χ1v) is 11.8. The molecule has 0 amide bonds. The van der Waals surface area contributed by atoms with E-state index in [2.05, 4.69) is 49.5 Å². The standard InChI is InChI=1S/C9H20N2Si2/c1-12(2,3)8-7-10-11-9(8)13(4,5)6/h7H,1-6H3,(H,10,11). The number of hydrogen-bond donors (Lipinski definition) is 1. The molecule has 0 spiro atoms. The third-order valence-corrected chi connectivity index (χ3v) is 6.32. The molecule has 0 atom stereocenters. The van der Waals surface area contributed by atoms with Crippen LogP contribution in [0.5, 0.6) is 0 Å². The van der Waals surface area contributed by atoms with Crippen LogP contribution in [0.25, 0.3) is 0 Å². The highest BCUT2D eigenvalue weighted by atomic mass is 28.3. The average molecular weight is 212 g/mol. The minimum Gasteiger partial charge on any atom is -0.287 e. The Labute approximate surface area is 82.8 Å². The molecular formula is C9H20N2Si2. The summed E-state index contributed by atoms with van der Waals surface area (Å²) >= 11 is 0. The van der Waals surface area contributed by atoms with Gasteiger partial charge in [0, 0.05) is 11.5 Å². The molecule has 0 radical (unpaired) electrons. The molecule has 1 aromatic heterocycles. The van der Waals surface area contributed by atoms with Crippen LogP contribution in [0, 0.1) is 0 Å². The van der Waals surface area contributed by atoms with E-state index in [1.807, 2.05) is 6.20 Å². The maximum Gasteiger partial charge on any atom is 0.100 e. The van der Waals surface area contributed by atoms with Crippen LogP contribution in [0.4, 0.5) is 0 Å². The second-order valence-electron chi connectivity index (χ2n) is 5.66. The van der Waals surface area contributed by atoms with E-state index in [-0.39, 0.29) is 0 Å². The van der Waals surface area contributed by atoms with E-state index < -0.39 is 16.1 Å². The van der Waals surface area contributed by atoms with Gasteiger partial charge in [0.25, 0.3) is 0 Å². The molecule has 74 valence electrons. The van der Waals surface area contributed by atoms with Crippen molar-refractivity contribution >= 4 is 26.7 Å². The van der Waals surface area contributed by atoms with Gasteiger partial charge in [0.05, 0.1) is 8.07 Å². The molecule has 0 saturated heterocycles. The summed E-state index contributed by atoms with van der Waals surface area (Å²) in [6, 6.07) is 0. The van der Waals surface area contributed by atoms with Gasteiger partial charge in [0.1, 0.15) is 8.07 Å². The summed E-state index contributed by atoms with van der Waals surface area (Å²) in [7, 11) is -2.41. The zero-order valence-corrected chi connectivity index (χ0v) is 11.5. The van der Waals surface area contributed by atoms with Crippen molar-refractivity contribution in [2.45, 2.75) is 39.3 Å². The Morgan fingerprint density at radius 1 is 1.00 bits per heavy atom. The lowest BCUT2D eigenvalue weighted by Crippen LogP contribution is -2.55. The van der Waals surface area contributed by atoms with Crippen molar-refractivity contribution < 1.29 is 0 Å². The minimum absolute atomic E-state index is 1.19. The van der Waals surface area contributed by atoms with E-state index in [9.17, 15) is 0 Å². The van der Waals surface area contributed by atoms with Gasteiger partial charge >= 0.3 is 0 Å². The van der Waals surface area contributed by atoms with Crippen molar-refractivity contribution in [1.82, 2.24) is 10.2 Å². The van der Waals surface area contributed by atoms with Gasteiger partial charge < -0.3 is 0 Å². The molecule has 1 N–H and O–H groups in total. The number of hydrogen-bond acceptors (Lipinski definition) is 1. The molecule has 2 nitrogen and oxygen atoms in total. The predicted molar refractivity (Wildman–Crippen MR) is 64.5 cm³/mol. The van der Waals surface area contributed by atoms with E-state index in [4.69, 9.17) is 0 Å². The molecule has 1 heterocycles. The summed E-state index contributed by atoms with van der Waals surface area (Å²) in [6.45, 7) is 14.2. The number of aromatic amines is 1. The lowest BCUT2D eigenvalue weighted by molar-refractivity contribution is 1.11. The first-order valence-electron chi connectivity index (χ1n) is 4.77.